The molecule has 0 amide bonds. The van der Waals surface area contributed by atoms with Crippen molar-refractivity contribution in [2.24, 2.45) is 0 Å². The Morgan fingerprint density at radius 1 is 1.45 bits per heavy atom. The lowest BCUT2D eigenvalue weighted by Crippen LogP contribution is -2.54. The summed E-state index contributed by atoms with van der Waals surface area (Å²) in [4.78, 5) is 14.5. The Bertz CT molecular complexity index is 305. The second-order valence-electron chi connectivity index (χ2n) is 6.48. The molecular weight excluding hydrogens is 252 g/mol. The molecule has 0 saturated heterocycles. The quantitative estimate of drug-likeness (QED) is 0.494. The van der Waals surface area contributed by atoms with Gasteiger partial charge in [-0.3, -0.25) is 10.1 Å². The minimum atomic E-state index is -0.561. The SMILES string of the molecule is CCCCCN(C)C(C)CC(C)(NC1CC1)C(=O)OC. The van der Waals surface area contributed by atoms with E-state index in [0.717, 1.165) is 13.0 Å². The van der Waals surface area contributed by atoms with Gasteiger partial charge in [0, 0.05) is 12.1 Å². The monoisotopic (exact) mass is 284 g/mol. The summed E-state index contributed by atoms with van der Waals surface area (Å²) in [5.74, 6) is -0.141. The maximum Gasteiger partial charge on any atom is 0.325 e. The van der Waals surface area contributed by atoms with Gasteiger partial charge in [-0.05, 0) is 53.1 Å². The molecule has 2 atom stereocenters. The molecule has 0 spiro atoms. The number of nitrogens with one attached hydrogen (secondary N) is 1. The number of carbonyl (C=O) groups is 1. The zero-order valence-electron chi connectivity index (χ0n) is 13.9. The Morgan fingerprint density at radius 3 is 2.60 bits per heavy atom. The van der Waals surface area contributed by atoms with Gasteiger partial charge in [-0.2, -0.15) is 0 Å². The van der Waals surface area contributed by atoms with Gasteiger partial charge >= 0.3 is 5.97 Å². The predicted octanol–water partition coefficient (Wildman–Crippen LogP) is 2.57. The van der Waals surface area contributed by atoms with Crippen LogP contribution in [0, 0.1) is 0 Å². The summed E-state index contributed by atoms with van der Waals surface area (Å²) in [5, 5.41) is 3.47. The number of nitrogens with zero attached hydrogens (tertiary/aromatic N) is 1. The molecule has 1 saturated carbocycles. The van der Waals surface area contributed by atoms with Crippen LogP contribution in [0.15, 0.2) is 0 Å². The minimum absolute atomic E-state index is 0.141. The van der Waals surface area contributed by atoms with Crippen LogP contribution in [0.1, 0.15) is 59.3 Å². The van der Waals surface area contributed by atoms with Crippen molar-refractivity contribution in [3.05, 3.63) is 0 Å². The number of hydrogen-bond donors (Lipinski definition) is 1. The van der Waals surface area contributed by atoms with Crippen LogP contribution in [-0.2, 0) is 9.53 Å². The van der Waals surface area contributed by atoms with Crippen LogP contribution in [0.25, 0.3) is 0 Å². The van der Waals surface area contributed by atoms with Gasteiger partial charge in [-0.25, -0.2) is 0 Å². The molecule has 1 aliphatic rings. The molecule has 4 nitrogen and oxygen atoms in total. The van der Waals surface area contributed by atoms with Crippen molar-refractivity contribution in [2.75, 3.05) is 20.7 Å². The van der Waals surface area contributed by atoms with Crippen molar-refractivity contribution in [3.63, 3.8) is 0 Å². The van der Waals surface area contributed by atoms with Crippen molar-refractivity contribution in [1.82, 2.24) is 10.2 Å². The van der Waals surface area contributed by atoms with Gasteiger partial charge in [0.2, 0.25) is 0 Å². The Labute approximate surface area is 124 Å². The zero-order valence-corrected chi connectivity index (χ0v) is 13.9. The molecule has 1 rings (SSSR count). The van der Waals surface area contributed by atoms with Gasteiger partial charge in [0.25, 0.3) is 0 Å². The Hall–Kier alpha value is -0.610. The fraction of sp³-hybridized carbons (Fsp3) is 0.938. The van der Waals surface area contributed by atoms with E-state index in [1.807, 2.05) is 6.92 Å². The van der Waals surface area contributed by atoms with Gasteiger partial charge in [0.1, 0.15) is 5.54 Å². The lowest BCUT2D eigenvalue weighted by atomic mass is 9.92. The standard InChI is InChI=1S/C16H32N2O2/c1-6-7-8-11-18(4)13(2)12-16(3,15(19)20-5)17-14-9-10-14/h13-14,17H,6-12H2,1-5H3. The number of carbonyl (C=O) groups excluding carboxylic acids is 1. The molecular formula is C16H32N2O2. The van der Waals surface area contributed by atoms with Crippen LogP contribution in [-0.4, -0.2) is 49.2 Å². The average Bonchev–Trinajstić information content (AvgIpc) is 3.21. The molecule has 1 fully saturated rings. The van der Waals surface area contributed by atoms with Crippen molar-refractivity contribution in [2.45, 2.75) is 76.9 Å². The molecule has 1 N–H and O–H groups in total. The fourth-order valence-corrected chi connectivity index (χ4v) is 2.68. The Balaban J connectivity index is 2.52. The Kier molecular flexibility index (Phi) is 6.96. The van der Waals surface area contributed by atoms with E-state index < -0.39 is 5.54 Å². The zero-order chi connectivity index (χ0) is 15.2. The van der Waals surface area contributed by atoms with E-state index in [1.54, 1.807) is 0 Å². The van der Waals surface area contributed by atoms with Crippen LogP contribution in [0.2, 0.25) is 0 Å². The second-order valence-corrected chi connectivity index (χ2v) is 6.48. The van der Waals surface area contributed by atoms with Gasteiger partial charge in [0.05, 0.1) is 7.11 Å². The van der Waals surface area contributed by atoms with Crippen LogP contribution < -0.4 is 5.32 Å². The number of rotatable bonds is 10. The maximum atomic E-state index is 12.1. The highest BCUT2D eigenvalue weighted by Crippen LogP contribution is 2.26. The molecule has 0 aromatic rings. The molecule has 0 aliphatic heterocycles. The number of esters is 1. The molecule has 0 bridgehead atoms. The van der Waals surface area contributed by atoms with E-state index in [1.165, 1.54) is 39.2 Å². The van der Waals surface area contributed by atoms with E-state index in [-0.39, 0.29) is 5.97 Å². The van der Waals surface area contributed by atoms with Gasteiger partial charge in [-0.1, -0.05) is 19.8 Å². The molecule has 20 heavy (non-hydrogen) atoms. The summed E-state index contributed by atoms with van der Waals surface area (Å²) in [6, 6.07) is 0.860. The van der Waals surface area contributed by atoms with E-state index in [4.69, 9.17) is 4.74 Å². The summed E-state index contributed by atoms with van der Waals surface area (Å²) in [6.07, 6.45) is 6.87. The summed E-state index contributed by atoms with van der Waals surface area (Å²) >= 11 is 0. The molecule has 0 aromatic carbocycles. The predicted molar refractivity (Wildman–Crippen MR) is 82.8 cm³/mol. The lowest BCUT2D eigenvalue weighted by Gasteiger charge is -2.34. The highest BCUT2D eigenvalue weighted by atomic mass is 16.5. The topological polar surface area (TPSA) is 41.6 Å². The second kappa shape index (κ2) is 7.99. The van der Waals surface area contributed by atoms with E-state index in [2.05, 4.69) is 31.1 Å². The maximum absolute atomic E-state index is 12.1. The van der Waals surface area contributed by atoms with Crippen LogP contribution in [0.5, 0.6) is 0 Å². The first-order valence-corrected chi connectivity index (χ1v) is 7.99. The molecule has 1 aliphatic carbocycles. The highest BCUT2D eigenvalue weighted by molar-refractivity contribution is 5.80. The van der Waals surface area contributed by atoms with Crippen molar-refractivity contribution in [1.29, 1.82) is 0 Å². The Morgan fingerprint density at radius 2 is 2.10 bits per heavy atom. The third-order valence-corrected chi connectivity index (χ3v) is 4.31. The highest BCUT2D eigenvalue weighted by Gasteiger charge is 2.40. The summed E-state index contributed by atoms with van der Waals surface area (Å²) in [6.45, 7) is 7.49. The molecule has 0 radical (unpaired) electrons. The van der Waals surface area contributed by atoms with Crippen molar-refractivity contribution in [3.8, 4) is 0 Å². The molecule has 0 heterocycles. The van der Waals surface area contributed by atoms with Crippen molar-refractivity contribution >= 4 is 5.97 Å². The smallest absolute Gasteiger partial charge is 0.325 e. The van der Waals surface area contributed by atoms with Crippen LogP contribution in [0.3, 0.4) is 0 Å². The van der Waals surface area contributed by atoms with E-state index in [9.17, 15) is 4.79 Å². The fourth-order valence-electron chi connectivity index (χ4n) is 2.68. The average molecular weight is 284 g/mol. The normalized spacial score (nSPS) is 19.7. The number of ether oxygens (including phenoxy) is 1. The summed E-state index contributed by atoms with van der Waals surface area (Å²) < 4.78 is 5.00. The van der Waals surface area contributed by atoms with Crippen LogP contribution >= 0.6 is 0 Å². The van der Waals surface area contributed by atoms with Crippen molar-refractivity contribution < 1.29 is 9.53 Å². The molecule has 2 unspecified atom stereocenters. The van der Waals surface area contributed by atoms with Crippen LogP contribution in [0.4, 0.5) is 0 Å². The lowest BCUT2D eigenvalue weighted by molar-refractivity contribution is -0.148. The number of hydrogen-bond acceptors (Lipinski definition) is 4. The first kappa shape index (κ1) is 17.4. The van der Waals surface area contributed by atoms with Gasteiger partial charge < -0.3 is 9.64 Å². The summed E-state index contributed by atoms with van der Waals surface area (Å²) in [5.41, 5.74) is -0.561. The third-order valence-electron chi connectivity index (χ3n) is 4.31. The summed E-state index contributed by atoms with van der Waals surface area (Å²) in [7, 11) is 3.62. The first-order chi connectivity index (χ1) is 9.42. The van der Waals surface area contributed by atoms with E-state index in [0.29, 0.717) is 12.1 Å². The van der Waals surface area contributed by atoms with Gasteiger partial charge in [-0.15, -0.1) is 0 Å². The third kappa shape index (κ3) is 5.41. The van der Waals surface area contributed by atoms with E-state index >= 15 is 0 Å². The number of methoxy groups -OCH3 is 1. The first-order valence-electron chi connectivity index (χ1n) is 7.99. The molecule has 0 aromatic heterocycles. The molecule has 118 valence electrons. The number of unbranched alkanes of at least 4 members (excludes halogenated alkanes) is 2. The molecule has 4 heteroatoms. The minimum Gasteiger partial charge on any atom is -0.468 e. The largest absolute Gasteiger partial charge is 0.468 e. The van der Waals surface area contributed by atoms with Gasteiger partial charge in [0.15, 0.2) is 0 Å².